The van der Waals surface area contributed by atoms with Gasteiger partial charge in [0.15, 0.2) is 0 Å². The molecule has 4 aromatic rings. The lowest BCUT2D eigenvalue weighted by molar-refractivity contribution is -0.162. The SMILES string of the molecule is COc1ccc(-c2c(-c3ccccc3)oc3ncnc(N[C@@H]4CCC[C@H](OCC(=O)OC(C)(C)C)C4)c23)cc1. The Bertz CT molecular complexity index is 1410. The Kier molecular flexibility index (Phi) is 7.84. The van der Waals surface area contributed by atoms with E-state index in [1.165, 1.54) is 6.33 Å². The Balaban J connectivity index is 1.43. The van der Waals surface area contributed by atoms with E-state index in [0.29, 0.717) is 5.71 Å². The molecule has 1 fully saturated rings. The summed E-state index contributed by atoms with van der Waals surface area (Å²) >= 11 is 0. The topological polar surface area (TPSA) is 95.7 Å². The van der Waals surface area contributed by atoms with Gasteiger partial charge in [-0.15, -0.1) is 0 Å². The number of nitrogens with zero attached hydrogens (tertiary/aromatic N) is 2. The number of rotatable bonds is 8. The minimum Gasteiger partial charge on any atom is -0.497 e. The summed E-state index contributed by atoms with van der Waals surface area (Å²) in [6.45, 7) is 5.52. The highest BCUT2D eigenvalue weighted by Crippen LogP contribution is 2.43. The van der Waals surface area contributed by atoms with Gasteiger partial charge in [0.25, 0.3) is 0 Å². The molecule has 2 heterocycles. The first-order valence-corrected chi connectivity index (χ1v) is 13.4. The molecular formula is C31H35N3O5. The van der Waals surface area contributed by atoms with Crippen LogP contribution in [0.1, 0.15) is 46.5 Å². The van der Waals surface area contributed by atoms with Crippen LogP contribution >= 0.6 is 0 Å². The number of methoxy groups -OCH3 is 1. The van der Waals surface area contributed by atoms with Gasteiger partial charge in [0.05, 0.1) is 18.6 Å². The van der Waals surface area contributed by atoms with Crippen LogP contribution in [-0.2, 0) is 14.3 Å². The first-order valence-electron chi connectivity index (χ1n) is 13.4. The predicted molar refractivity (Wildman–Crippen MR) is 151 cm³/mol. The van der Waals surface area contributed by atoms with Crippen molar-refractivity contribution in [3.63, 3.8) is 0 Å². The van der Waals surface area contributed by atoms with E-state index in [1.807, 2.05) is 75.4 Å². The molecule has 2 aromatic heterocycles. The van der Waals surface area contributed by atoms with Gasteiger partial charge >= 0.3 is 5.97 Å². The number of carbonyl (C=O) groups excluding carboxylic acids is 1. The summed E-state index contributed by atoms with van der Waals surface area (Å²) in [6.07, 6.45) is 5.11. The van der Waals surface area contributed by atoms with Crippen LogP contribution in [0.2, 0.25) is 0 Å². The molecule has 0 spiro atoms. The molecule has 2 atom stereocenters. The predicted octanol–water partition coefficient (Wildman–Crippen LogP) is 6.65. The number of anilines is 1. The molecule has 8 nitrogen and oxygen atoms in total. The minimum absolute atomic E-state index is 0.0358. The van der Waals surface area contributed by atoms with Gasteiger partial charge in [-0.3, -0.25) is 0 Å². The minimum atomic E-state index is -0.528. The summed E-state index contributed by atoms with van der Waals surface area (Å²) in [5.41, 5.74) is 2.86. The molecule has 204 valence electrons. The standard InChI is InChI=1S/C31H35N3O5/c1-31(2,3)39-25(35)18-37-24-12-8-11-22(17-24)34-29-27-26(20-13-15-23(36-4)16-14-20)28(21-9-6-5-7-10-21)38-30(27)33-19-32-29/h5-7,9-10,13-16,19,22,24H,8,11-12,17-18H2,1-4H3,(H,32,33,34)/t22-,24+/m1/s1. The second-order valence-electron chi connectivity index (χ2n) is 10.8. The van der Waals surface area contributed by atoms with Crippen molar-refractivity contribution in [3.05, 3.63) is 60.9 Å². The monoisotopic (exact) mass is 529 g/mol. The van der Waals surface area contributed by atoms with Gasteiger partial charge in [-0.05, 0) is 64.2 Å². The first kappa shape index (κ1) is 26.7. The maximum absolute atomic E-state index is 12.2. The van der Waals surface area contributed by atoms with Crippen molar-refractivity contribution >= 4 is 22.9 Å². The van der Waals surface area contributed by atoms with Crippen molar-refractivity contribution in [2.75, 3.05) is 19.0 Å². The number of ether oxygens (including phenoxy) is 3. The third-order valence-electron chi connectivity index (χ3n) is 6.73. The summed E-state index contributed by atoms with van der Waals surface area (Å²) < 4.78 is 23.1. The van der Waals surface area contributed by atoms with Crippen molar-refractivity contribution in [3.8, 4) is 28.2 Å². The van der Waals surface area contributed by atoms with Crippen LogP contribution in [-0.4, -0.2) is 47.4 Å². The quantitative estimate of drug-likeness (QED) is 0.254. The number of esters is 1. The van der Waals surface area contributed by atoms with E-state index in [4.69, 9.17) is 18.6 Å². The second-order valence-corrected chi connectivity index (χ2v) is 10.8. The van der Waals surface area contributed by atoms with Gasteiger partial charge in [-0.25, -0.2) is 14.8 Å². The zero-order valence-corrected chi connectivity index (χ0v) is 22.9. The highest BCUT2D eigenvalue weighted by molar-refractivity contribution is 6.05. The molecule has 0 saturated heterocycles. The van der Waals surface area contributed by atoms with Gasteiger partial charge in [0, 0.05) is 17.2 Å². The fourth-order valence-corrected chi connectivity index (χ4v) is 5.05. The maximum Gasteiger partial charge on any atom is 0.332 e. The first-order chi connectivity index (χ1) is 18.8. The van der Waals surface area contributed by atoms with Crippen molar-refractivity contribution in [1.82, 2.24) is 9.97 Å². The van der Waals surface area contributed by atoms with Gasteiger partial charge in [0.1, 0.15) is 35.9 Å². The van der Waals surface area contributed by atoms with Gasteiger partial charge in [0.2, 0.25) is 5.71 Å². The zero-order valence-electron chi connectivity index (χ0n) is 22.9. The number of hydrogen-bond donors (Lipinski definition) is 1. The molecule has 1 saturated carbocycles. The fraction of sp³-hybridized carbons (Fsp3) is 0.387. The largest absolute Gasteiger partial charge is 0.497 e. The molecule has 0 aliphatic heterocycles. The van der Waals surface area contributed by atoms with Crippen molar-refractivity contribution in [2.45, 2.75) is 64.2 Å². The van der Waals surface area contributed by atoms with Crippen LogP contribution in [0.5, 0.6) is 5.75 Å². The van der Waals surface area contributed by atoms with Crippen LogP contribution in [0.15, 0.2) is 65.3 Å². The lowest BCUT2D eigenvalue weighted by Crippen LogP contribution is -2.34. The molecule has 39 heavy (non-hydrogen) atoms. The van der Waals surface area contributed by atoms with Crippen molar-refractivity contribution < 1.29 is 23.4 Å². The molecule has 0 bridgehead atoms. The third-order valence-corrected chi connectivity index (χ3v) is 6.73. The van der Waals surface area contributed by atoms with E-state index < -0.39 is 5.60 Å². The summed E-state index contributed by atoms with van der Waals surface area (Å²) in [6, 6.07) is 18.1. The van der Waals surface area contributed by atoms with Crippen LogP contribution in [0.25, 0.3) is 33.6 Å². The van der Waals surface area contributed by atoms with E-state index in [0.717, 1.165) is 65.1 Å². The molecule has 1 aliphatic carbocycles. The summed E-state index contributed by atoms with van der Waals surface area (Å²) in [5, 5.41) is 4.48. The van der Waals surface area contributed by atoms with Crippen LogP contribution in [0.3, 0.4) is 0 Å². The Morgan fingerprint density at radius 2 is 1.79 bits per heavy atom. The highest BCUT2D eigenvalue weighted by atomic mass is 16.6. The molecule has 1 aliphatic rings. The summed E-state index contributed by atoms with van der Waals surface area (Å²) in [7, 11) is 1.65. The third kappa shape index (κ3) is 6.40. The second kappa shape index (κ2) is 11.5. The van der Waals surface area contributed by atoms with E-state index >= 15 is 0 Å². The molecule has 0 radical (unpaired) electrons. The molecule has 2 aromatic carbocycles. The van der Waals surface area contributed by atoms with E-state index in [1.54, 1.807) is 7.11 Å². The van der Waals surface area contributed by atoms with Crippen molar-refractivity contribution in [2.24, 2.45) is 0 Å². The smallest absolute Gasteiger partial charge is 0.332 e. The number of carbonyl (C=O) groups is 1. The maximum atomic E-state index is 12.2. The number of nitrogens with one attached hydrogen (secondary N) is 1. The van der Waals surface area contributed by atoms with Crippen molar-refractivity contribution in [1.29, 1.82) is 0 Å². The lowest BCUT2D eigenvalue weighted by atomic mass is 9.92. The lowest BCUT2D eigenvalue weighted by Gasteiger charge is -2.30. The fourth-order valence-electron chi connectivity index (χ4n) is 5.05. The Morgan fingerprint density at radius 3 is 2.51 bits per heavy atom. The Morgan fingerprint density at radius 1 is 1.03 bits per heavy atom. The Labute approximate surface area is 228 Å². The van der Waals surface area contributed by atoms with E-state index in [9.17, 15) is 4.79 Å². The van der Waals surface area contributed by atoms with E-state index in [-0.39, 0.29) is 24.7 Å². The zero-order chi connectivity index (χ0) is 27.4. The molecular weight excluding hydrogens is 494 g/mol. The van der Waals surface area contributed by atoms with E-state index in [2.05, 4.69) is 15.3 Å². The molecule has 8 heteroatoms. The average molecular weight is 530 g/mol. The average Bonchev–Trinajstić information content (AvgIpc) is 3.32. The molecule has 5 rings (SSSR count). The molecule has 0 amide bonds. The van der Waals surface area contributed by atoms with Crippen LogP contribution < -0.4 is 10.1 Å². The number of benzene rings is 2. The van der Waals surface area contributed by atoms with Gasteiger partial charge in [-0.2, -0.15) is 0 Å². The number of fused-ring (bicyclic) bond motifs is 1. The summed E-state index contributed by atoms with van der Waals surface area (Å²) in [4.78, 5) is 21.3. The van der Waals surface area contributed by atoms with Crippen LogP contribution in [0.4, 0.5) is 5.82 Å². The number of furan rings is 1. The number of hydrogen-bond acceptors (Lipinski definition) is 8. The number of aromatic nitrogens is 2. The van der Waals surface area contributed by atoms with Gasteiger partial charge < -0.3 is 23.9 Å². The Hall–Kier alpha value is -3.91. The molecule has 0 unspecified atom stereocenters. The normalized spacial score (nSPS) is 17.6. The van der Waals surface area contributed by atoms with Gasteiger partial charge in [-0.1, -0.05) is 42.5 Å². The molecule has 1 N–H and O–H groups in total. The summed E-state index contributed by atoms with van der Waals surface area (Å²) in [5.74, 6) is 1.89. The highest BCUT2D eigenvalue weighted by Gasteiger charge is 2.27. The van der Waals surface area contributed by atoms with Crippen LogP contribution in [0, 0.1) is 0 Å².